The Morgan fingerprint density at radius 2 is 1.86 bits per heavy atom. The maximum atomic E-state index is 12.6. The number of sulfonamides is 1. The molecule has 1 aromatic heterocycles. The minimum atomic E-state index is -3.85. The summed E-state index contributed by atoms with van der Waals surface area (Å²) in [4.78, 5) is 15.3. The molecule has 2 rings (SSSR count). The van der Waals surface area contributed by atoms with Crippen molar-refractivity contribution in [2.75, 3.05) is 10.8 Å². The highest BCUT2D eigenvalue weighted by molar-refractivity contribution is 7.92. The molecule has 1 aromatic carbocycles. The number of hydrogen-bond donors (Lipinski definition) is 1. The summed E-state index contributed by atoms with van der Waals surface area (Å²) in [5.74, 6) is -1.31. The summed E-state index contributed by atoms with van der Waals surface area (Å²) >= 11 is 0. The monoisotopic (exact) mass is 306 g/mol. The van der Waals surface area contributed by atoms with Gasteiger partial charge in [0.25, 0.3) is 10.0 Å². The fourth-order valence-electron chi connectivity index (χ4n) is 1.92. The Hall–Kier alpha value is -2.41. The Kier molecular flexibility index (Phi) is 4.23. The minimum Gasteiger partial charge on any atom is -0.478 e. The van der Waals surface area contributed by atoms with Crippen molar-refractivity contribution in [3.8, 4) is 0 Å². The third-order valence-electron chi connectivity index (χ3n) is 2.87. The number of pyridine rings is 1. The lowest BCUT2D eigenvalue weighted by molar-refractivity contribution is 0.0697. The van der Waals surface area contributed by atoms with Crippen LogP contribution in [0.25, 0.3) is 0 Å². The summed E-state index contributed by atoms with van der Waals surface area (Å²) in [6.07, 6.45) is 1.37. The highest BCUT2D eigenvalue weighted by Crippen LogP contribution is 2.24. The van der Waals surface area contributed by atoms with E-state index >= 15 is 0 Å². The van der Waals surface area contributed by atoms with Gasteiger partial charge < -0.3 is 5.11 Å². The lowest BCUT2D eigenvalue weighted by atomic mass is 10.2. The lowest BCUT2D eigenvalue weighted by Crippen LogP contribution is -2.32. The molecule has 0 radical (unpaired) electrons. The molecule has 0 aliphatic carbocycles. The van der Waals surface area contributed by atoms with Crippen LogP contribution >= 0.6 is 0 Å². The van der Waals surface area contributed by atoms with Crippen LogP contribution in [0.1, 0.15) is 17.3 Å². The molecule has 0 fully saturated rings. The molecule has 6 nitrogen and oxygen atoms in total. The van der Waals surface area contributed by atoms with E-state index in [2.05, 4.69) is 4.98 Å². The SMILES string of the molecule is CCN(c1ncccc1C(=O)O)S(=O)(=O)c1ccccc1. The molecule has 0 amide bonds. The minimum absolute atomic E-state index is 0.0779. The summed E-state index contributed by atoms with van der Waals surface area (Å²) in [5, 5.41) is 9.18. The van der Waals surface area contributed by atoms with Crippen LogP contribution in [0.4, 0.5) is 5.82 Å². The molecule has 0 aliphatic heterocycles. The quantitative estimate of drug-likeness (QED) is 0.912. The van der Waals surface area contributed by atoms with Crippen molar-refractivity contribution in [1.82, 2.24) is 4.98 Å². The average molecular weight is 306 g/mol. The molecular weight excluding hydrogens is 292 g/mol. The molecule has 110 valence electrons. The third-order valence-corrected chi connectivity index (χ3v) is 4.75. The number of rotatable bonds is 5. The summed E-state index contributed by atoms with van der Waals surface area (Å²) in [7, 11) is -3.85. The molecule has 0 unspecified atom stereocenters. The van der Waals surface area contributed by atoms with E-state index in [0.717, 1.165) is 4.31 Å². The number of aromatic carboxylic acids is 1. The predicted molar refractivity (Wildman–Crippen MR) is 77.8 cm³/mol. The normalized spacial score (nSPS) is 11.1. The van der Waals surface area contributed by atoms with E-state index in [1.807, 2.05) is 0 Å². The van der Waals surface area contributed by atoms with Crippen LogP contribution < -0.4 is 4.31 Å². The number of carboxylic acid groups (broad SMARTS) is 1. The topological polar surface area (TPSA) is 87.6 Å². The molecule has 1 N–H and O–H groups in total. The summed E-state index contributed by atoms with van der Waals surface area (Å²) in [5.41, 5.74) is -0.154. The molecule has 0 atom stereocenters. The van der Waals surface area contributed by atoms with Gasteiger partial charge in [-0.3, -0.25) is 0 Å². The van der Waals surface area contributed by atoms with Crippen molar-refractivity contribution in [1.29, 1.82) is 0 Å². The van der Waals surface area contributed by atoms with Crippen LogP contribution in [0.15, 0.2) is 53.6 Å². The molecule has 1 heterocycles. The zero-order valence-electron chi connectivity index (χ0n) is 11.3. The van der Waals surface area contributed by atoms with Crippen LogP contribution in [0, 0.1) is 0 Å². The van der Waals surface area contributed by atoms with Crippen molar-refractivity contribution in [2.24, 2.45) is 0 Å². The van der Waals surface area contributed by atoms with E-state index in [0.29, 0.717) is 0 Å². The molecule has 0 saturated carbocycles. The molecule has 2 aromatic rings. The van der Waals surface area contributed by atoms with E-state index in [1.54, 1.807) is 25.1 Å². The number of carbonyl (C=O) groups is 1. The summed E-state index contributed by atoms with van der Waals surface area (Å²) in [6, 6.07) is 10.6. The number of anilines is 1. The first-order valence-electron chi connectivity index (χ1n) is 6.24. The number of carboxylic acids is 1. The van der Waals surface area contributed by atoms with Crippen LogP contribution in [-0.4, -0.2) is 31.0 Å². The first-order valence-corrected chi connectivity index (χ1v) is 7.68. The molecule has 0 saturated heterocycles. The number of hydrogen-bond acceptors (Lipinski definition) is 4. The van der Waals surface area contributed by atoms with E-state index in [9.17, 15) is 18.3 Å². The first-order chi connectivity index (χ1) is 9.98. The second kappa shape index (κ2) is 5.92. The van der Waals surface area contributed by atoms with Crippen molar-refractivity contribution in [3.63, 3.8) is 0 Å². The van der Waals surface area contributed by atoms with Gasteiger partial charge in [-0.05, 0) is 31.2 Å². The molecule has 0 bridgehead atoms. The second-order valence-corrected chi connectivity index (χ2v) is 6.02. The smallest absolute Gasteiger partial charge is 0.339 e. The van der Waals surface area contributed by atoms with E-state index in [-0.39, 0.29) is 22.8 Å². The summed E-state index contributed by atoms with van der Waals surface area (Å²) in [6.45, 7) is 1.70. The first kappa shape index (κ1) is 15.0. The predicted octanol–water partition coefficient (Wildman–Crippen LogP) is 1.99. The standard InChI is InChI=1S/C14H14N2O4S/c1-2-16(13-12(14(17)18)9-6-10-15-13)21(19,20)11-7-4-3-5-8-11/h3-10H,2H2,1H3,(H,17,18). The highest BCUT2D eigenvalue weighted by Gasteiger charge is 2.27. The maximum absolute atomic E-state index is 12.6. The number of benzene rings is 1. The molecule has 0 spiro atoms. The summed E-state index contributed by atoms with van der Waals surface area (Å²) < 4.78 is 26.3. The zero-order chi connectivity index (χ0) is 15.5. The average Bonchev–Trinajstić information content (AvgIpc) is 2.49. The van der Waals surface area contributed by atoms with Crippen LogP contribution in [0.2, 0.25) is 0 Å². The fraction of sp³-hybridized carbons (Fsp3) is 0.143. The van der Waals surface area contributed by atoms with E-state index in [4.69, 9.17) is 0 Å². The van der Waals surface area contributed by atoms with E-state index < -0.39 is 16.0 Å². The van der Waals surface area contributed by atoms with Crippen molar-refractivity contribution >= 4 is 21.8 Å². The van der Waals surface area contributed by atoms with Crippen molar-refractivity contribution in [2.45, 2.75) is 11.8 Å². The van der Waals surface area contributed by atoms with Gasteiger partial charge in [-0.2, -0.15) is 0 Å². The fourth-order valence-corrected chi connectivity index (χ4v) is 3.38. The van der Waals surface area contributed by atoms with Gasteiger partial charge in [0.2, 0.25) is 0 Å². The second-order valence-electron chi connectivity index (χ2n) is 4.16. The molecule has 21 heavy (non-hydrogen) atoms. The Morgan fingerprint density at radius 3 is 2.43 bits per heavy atom. The van der Waals surface area contributed by atoms with Gasteiger partial charge in [-0.15, -0.1) is 0 Å². The van der Waals surface area contributed by atoms with Crippen LogP contribution in [-0.2, 0) is 10.0 Å². The van der Waals surface area contributed by atoms with E-state index in [1.165, 1.54) is 30.5 Å². The Balaban J connectivity index is 2.58. The van der Waals surface area contributed by atoms with Gasteiger partial charge >= 0.3 is 5.97 Å². The van der Waals surface area contributed by atoms with Crippen LogP contribution in [0.5, 0.6) is 0 Å². The number of nitrogens with zero attached hydrogens (tertiary/aromatic N) is 2. The highest BCUT2D eigenvalue weighted by atomic mass is 32.2. The van der Waals surface area contributed by atoms with Gasteiger partial charge in [-0.25, -0.2) is 22.5 Å². The largest absolute Gasteiger partial charge is 0.478 e. The van der Waals surface area contributed by atoms with Crippen molar-refractivity contribution in [3.05, 3.63) is 54.2 Å². The van der Waals surface area contributed by atoms with Gasteiger partial charge in [0, 0.05) is 12.7 Å². The Bertz CT molecular complexity index is 745. The zero-order valence-corrected chi connectivity index (χ0v) is 12.1. The number of aromatic nitrogens is 1. The van der Waals surface area contributed by atoms with Gasteiger partial charge in [0.05, 0.1) is 4.90 Å². The Morgan fingerprint density at radius 1 is 1.19 bits per heavy atom. The third kappa shape index (κ3) is 2.87. The Labute approximate surface area is 122 Å². The van der Waals surface area contributed by atoms with Gasteiger partial charge in [-0.1, -0.05) is 18.2 Å². The van der Waals surface area contributed by atoms with Crippen LogP contribution in [0.3, 0.4) is 0 Å². The molecule has 0 aliphatic rings. The molecular formula is C14H14N2O4S. The van der Waals surface area contributed by atoms with Gasteiger partial charge in [0.1, 0.15) is 5.56 Å². The lowest BCUT2D eigenvalue weighted by Gasteiger charge is -2.23. The maximum Gasteiger partial charge on any atom is 0.339 e. The van der Waals surface area contributed by atoms with Crippen molar-refractivity contribution < 1.29 is 18.3 Å². The molecule has 7 heteroatoms. The van der Waals surface area contributed by atoms with Gasteiger partial charge in [0.15, 0.2) is 5.82 Å².